The number of hydrogen-bond donors (Lipinski definition) is 0. The molecule has 6 atom stereocenters. The minimum absolute atomic E-state index is 0.0139. The van der Waals surface area contributed by atoms with Gasteiger partial charge in [-0.3, -0.25) is 0 Å². The second-order valence-corrected chi connectivity index (χ2v) is 25.9. The summed E-state index contributed by atoms with van der Waals surface area (Å²) in [5, 5.41) is 0.323. The van der Waals surface area contributed by atoms with Gasteiger partial charge in [-0.05, 0) is 103 Å². The number of allylic oxidation sites excluding steroid dienone is 3. The summed E-state index contributed by atoms with van der Waals surface area (Å²) in [7, 11) is -3.89. The number of hydrogen-bond acceptors (Lipinski definition) is 3. The van der Waals surface area contributed by atoms with Crippen molar-refractivity contribution in [3.63, 3.8) is 0 Å². The predicted octanol–water partition coefficient (Wildman–Crippen LogP) is 10.0. The van der Waals surface area contributed by atoms with Gasteiger partial charge in [0.25, 0.3) is 0 Å². The highest BCUT2D eigenvalue weighted by Gasteiger charge is 2.51. The van der Waals surface area contributed by atoms with Gasteiger partial charge in [0, 0.05) is 12.3 Å². The van der Waals surface area contributed by atoms with E-state index in [4.69, 9.17) is 8.85 Å². The molecule has 0 aliphatic heterocycles. The molecule has 0 aromatic carbocycles. The van der Waals surface area contributed by atoms with Crippen molar-refractivity contribution in [2.75, 3.05) is 0 Å². The third-order valence-corrected chi connectivity index (χ3v) is 20.6. The van der Waals surface area contributed by atoms with Crippen molar-refractivity contribution < 1.29 is 13.6 Å². The van der Waals surface area contributed by atoms with Crippen LogP contribution in [0.4, 0.5) is 0 Å². The Labute approximate surface area is 243 Å². The van der Waals surface area contributed by atoms with Crippen LogP contribution in [0.15, 0.2) is 35.5 Å². The summed E-state index contributed by atoms with van der Waals surface area (Å²) in [6, 6.07) is 0. The summed E-state index contributed by atoms with van der Waals surface area (Å²) in [5.41, 5.74) is 4.29. The van der Waals surface area contributed by atoms with E-state index < -0.39 is 16.6 Å². The van der Waals surface area contributed by atoms with Gasteiger partial charge >= 0.3 is 0 Å². The number of rotatable bonds is 7. The van der Waals surface area contributed by atoms with Crippen LogP contribution in [0.25, 0.3) is 0 Å². The van der Waals surface area contributed by atoms with Gasteiger partial charge in [0.15, 0.2) is 16.6 Å². The SMILES string of the molecule is C=C1/C(=C/C=C2\CCC[C@@]3(C)C2CCC3[C@@H](C)C=O)CC(O[Si](C)(C)C(C)(C)C)CC1O[Si](C)(C)C(C)(C)C. The van der Waals surface area contributed by atoms with Crippen LogP contribution < -0.4 is 0 Å². The van der Waals surface area contributed by atoms with Crippen molar-refractivity contribution in [3.8, 4) is 0 Å². The minimum atomic E-state index is -1.97. The summed E-state index contributed by atoms with van der Waals surface area (Å²) in [6.45, 7) is 32.6. The Morgan fingerprint density at radius 3 is 2.13 bits per heavy atom. The van der Waals surface area contributed by atoms with Crippen LogP contribution in [0.3, 0.4) is 0 Å². The monoisotopic (exact) mass is 572 g/mol. The van der Waals surface area contributed by atoms with Gasteiger partial charge in [0.05, 0.1) is 12.2 Å². The van der Waals surface area contributed by atoms with E-state index in [1.165, 1.54) is 44.0 Å². The summed E-state index contributed by atoms with van der Waals surface area (Å²) in [4.78, 5) is 11.7. The van der Waals surface area contributed by atoms with Crippen LogP contribution in [0.2, 0.25) is 36.3 Å². The lowest BCUT2D eigenvalue weighted by Crippen LogP contribution is -2.49. The molecule has 0 spiro atoms. The molecule has 4 unspecified atom stereocenters. The van der Waals surface area contributed by atoms with E-state index in [-0.39, 0.29) is 33.6 Å². The zero-order valence-corrected chi connectivity index (χ0v) is 29.5. The van der Waals surface area contributed by atoms with E-state index in [9.17, 15) is 4.79 Å². The maximum atomic E-state index is 11.7. The molecule has 3 fully saturated rings. The third-order valence-electron chi connectivity index (χ3n) is 11.6. The molecule has 0 amide bonds. The molecule has 0 heterocycles. The van der Waals surface area contributed by atoms with Gasteiger partial charge in [-0.2, -0.15) is 0 Å². The van der Waals surface area contributed by atoms with Crippen LogP contribution in [0.5, 0.6) is 0 Å². The molecule has 222 valence electrons. The molecule has 0 bridgehead atoms. The first kappa shape index (κ1) is 32.8. The molecule has 3 rings (SSSR count). The third kappa shape index (κ3) is 6.84. The second kappa shape index (κ2) is 11.5. The average molecular weight is 573 g/mol. The molecule has 3 nitrogen and oxygen atoms in total. The van der Waals surface area contributed by atoms with Gasteiger partial charge in [-0.1, -0.05) is 79.7 Å². The molecule has 0 aromatic heterocycles. The largest absolute Gasteiger partial charge is 0.413 e. The molecule has 39 heavy (non-hydrogen) atoms. The van der Waals surface area contributed by atoms with Gasteiger partial charge in [0.1, 0.15) is 6.29 Å². The van der Waals surface area contributed by atoms with Crippen molar-refractivity contribution in [2.45, 2.75) is 149 Å². The van der Waals surface area contributed by atoms with E-state index in [0.29, 0.717) is 11.8 Å². The van der Waals surface area contributed by atoms with E-state index in [1.807, 2.05) is 0 Å². The molecule has 0 aromatic rings. The summed E-state index contributed by atoms with van der Waals surface area (Å²) in [6.07, 6.45) is 14.0. The van der Waals surface area contributed by atoms with Gasteiger partial charge < -0.3 is 13.6 Å². The van der Waals surface area contributed by atoms with E-state index in [1.54, 1.807) is 5.57 Å². The Morgan fingerprint density at radius 2 is 1.56 bits per heavy atom. The van der Waals surface area contributed by atoms with Crippen molar-refractivity contribution >= 4 is 22.9 Å². The van der Waals surface area contributed by atoms with Gasteiger partial charge in [-0.15, -0.1) is 0 Å². The van der Waals surface area contributed by atoms with Crippen molar-refractivity contribution in [2.24, 2.45) is 23.2 Å². The Morgan fingerprint density at radius 1 is 0.974 bits per heavy atom. The summed E-state index contributed by atoms with van der Waals surface area (Å²) in [5.74, 6) is 1.24. The summed E-state index contributed by atoms with van der Waals surface area (Å²) < 4.78 is 14.0. The van der Waals surface area contributed by atoms with Crippen molar-refractivity contribution in [1.82, 2.24) is 0 Å². The minimum Gasteiger partial charge on any atom is -0.413 e. The zero-order chi connectivity index (χ0) is 29.6. The molecule has 0 saturated heterocycles. The second-order valence-electron chi connectivity index (χ2n) is 16.4. The Bertz CT molecular complexity index is 977. The molecule has 0 radical (unpaired) electrons. The number of fused-ring (bicyclic) bond motifs is 1. The highest BCUT2D eigenvalue weighted by atomic mass is 28.4. The zero-order valence-electron chi connectivity index (χ0n) is 27.5. The van der Waals surface area contributed by atoms with Gasteiger partial charge in [0.2, 0.25) is 0 Å². The van der Waals surface area contributed by atoms with Crippen molar-refractivity contribution in [3.05, 3.63) is 35.5 Å². The molecular weight excluding hydrogens is 513 g/mol. The normalized spacial score (nSPS) is 33.9. The first-order chi connectivity index (χ1) is 17.7. The van der Waals surface area contributed by atoms with Crippen LogP contribution in [-0.4, -0.2) is 35.1 Å². The standard InChI is InChI=1S/C34H60O3Si2/c1-24(23-35)29-18-19-30-26(15-14-20-34(29,30)9)16-17-27-21-28(36-38(10,11)32(3,4)5)22-31(25(27)2)37-39(12,13)33(6,7)8/h16-17,23-24,28-31H,2,14-15,18-22H2,1,3-13H3/b26-16+,27-17+/t24-,28?,29?,30?,31?,34+/m0/s1. The molecule has 3 aliphatic carbocycles. The summed E-state index contributed by atoms with van der Waals surface area (Å²) >= 11 is 0. The van der Waals surface area contributed by atoms with Crippen LogP contribution in [0, 0.1) is 23.2 Å². The topological polar surface area (TPSA) is 35.5 Å². The Hall–Kier alpha value is -0.756. The Kier molecular flexibility index (Phi) is 9.65. The number of carbonyl (C=O) groups excluding carboxylic acids is 1. The molecule has 5 heteroatoms. The van der Waals surface area contributed by atoms with Crippen molar-refractivity contribution in [1.29, 1.82) is 0 Å². The first-order valence-electron chi connectivity index (χ1n) is 15.6. The fourth-order valence-corrected chi connectivity index (χ4v) is 9.67. The average Bonchev–Trinajstić information content (AvgIpc) is 3.15. The predicted molar refractivity (Wildman–Crippen MR) is 172 cm³/mol. The molecule has 3 aliphatic rings. The smallest absolute Gasteiger partial charge is 0.192 e. The lowest BCUT2D eigenvalue weighted by molar-refractivity contribution is -0.113. The van der Waals surface area contributed by atoms with Crippen LogP contribution in [0.1, 0.15) is 100 Å². The quantitative estimate of drug-likeness (QED) is 0.225. The fourth-order valence-electron chi connectivity index (χ4n) is 7.00. The lowest BCUT2D eigenvalue weighted by Gasteiger charge is -2.45. The molecular formula is C34H60O3Si2. The maximum Gasteiger partial charge on any atom is 0.192 e. The lowest BCUT2D eigenvalue weighted by atomic mass is 9.61. The maximum absolute atomic E-state index is 11.7. The van der Waals surface area contributed by atoms with E-state index in [0.717, 1.165) is 18.4 Å². The van der Waals surface area contributed by atoms with Crippen LogP contribution in [-0.2, 0) is 13.6 Å². The van der Waals surface area contributed by atoms with E-state index >= 15 is 0 Å². The van der Waals surface area contributed by atoms with Crippen LogP contribution >= 0.6 is 0 Å². The molecule has 3 saturated carbocycles. The number of carbonyl (C=O) groups is 1. The Balaban J connectivity index is 1.93. The molecule has 0 N–H and O–H groups in total. The first-order valence-corrected chi connectivity index (χ1v) is 21.4. The van der Waals surface area contributed by atoms with Gasteiger partial charge in [-0.25, -0.2) is 0 Å². The number of aldehydes is 1. The van der Waals surface area contributed by atoms with E-state index in [2.05, 4.69) is 100 Å². The highest BCUT2D eigenvalue weighted by Crippen LogP contribution is 2.59. The fraction of sp³-hybridized carbons (Fsp3) is 0.794. The highest BCUT2D eigenvalue weighted by molar-refractivity contribution is 6.74.